The number of likely N-dealkylation sites (tertiary alicyclic amines) is 1. The van der Waals surface area contributed by atoms with Crippen molar-refractivity contribution in [3.05, 3.63) is 17.0 Å². The minimum absolute atomic E-state index is 0.336. The Bertz CT molecular complexity index is 524. The molecule has 0 bridgehead atoms. The monoisotopic (exact) mass is 308 g/mol. The number of hydrogen-bond acceptors (Lipinski definition) is 4. The van der Waals surface area contributed by atoms with E-state index in [-0.39, 0.29) is 0 Å². The van der Waals surface area contributed by atoms with Crippen LogP contribution < -0.4 is 5.32 Å². The van der Waals surface area contributed by atoms with E-state index < -0.39 is 0 Å². The average molecular weight is 309 g/mol. The maximum absolute atomic E-state index is 12.0. The zero-order valence-corrected chi connectivity index (χ0v) is 13.1. The molecule has 21 heavy (non-hydrogen) atoms. The fourth-order valence-corrected chi connectivity index (χ4v) is 2.92. The third-order valence-electron chi connectivity index (χ3n) is 4.28. The summed E-state index contributed by atoms with van der Waals surface area (Å²) < 4.78 is 0. The molecule has 3 rings (SSSR count). The molecule has 0 unspecified atom stereocenters. The van der Waals surface area contributed by atoms with Gasteiger partial charge in [-0.3, -0.25) is 4.79 Å². The van der Waals surface area contributed by atoms with E-state index in [0.29, 0.717) is 34.4 Å². The van der Waals surface area contributed by atoms with Gasteiger partial charge in [0.15, 0.2) is 0 Å². The first-order valence-corrected chi connectivity index (χ1v) is 8.03. The molecule has 1 amide bonds. The van der Waals surface area contributed by atoms with Crippen molar-refractivity contribution in [2.45, 2.75) is 32.6 Å². The van der Waals surface area contributed by atoms with Crippen molar-refractivity contribution in [3.8, 4) is 0 Å². The van der Waals surface area contributed by atoms with Gasteiger partial charge in [0.05, 0.1) is 6.20 Å². The van der Waals surface area contributed by atoms with Crippen molar-refractivity contribution in [1.82, 2.24) is 14.9 Å². The van der Waals surface area contributed by atoms with Gasteiger partial charge in [-0.25, -0.2) is 9.97 Å². The van der Waals surface area contributed by atoms with Crippen molar-refractivity contribution in [3.63, 3.8) is 0 Å². The summed E-state index contributed by atoms with van der Waals surface area (Å²) in [5.41, 5.74) is 0. The third-order valence-corrected chi connectivity index (χ3v) is 4.55. The Morgan fingerprint density at radius 3 is 2.76 bits per heavy atom. The van der Waals surface area contributed by atoms with Gasteiger partial charge in [-0.15, -0.1) is 0 Å². The summed E-state index contributed by atoms with van der Waals surface area (Å²) >= 11 is 6.08. The standard InChI is InChI=1S/C15H21ClN4O/c1-10-17-9-13(16)14(19-10)18-8-11-4-6-20(7-5-11)15(21)12-2-3-12/h9,11-12H,2-8H2,1H3,(H,17,18,19). The Balaban J connectivity index is 1.47. The molecule has 1 aliphatic carbocycles. The normalized spacial score (nSPS) is 19.6. The van der Waals surface area contributed by atoms with Crippen LogP contribution in [0, 0.1) is 18.8 Å². The number of aromatic nitrogens is 2. The van der Waals surface area contributed by atoms with Crippen LogP contribution in [0.3, 0.4) is 0 Å². The first-order chi connectivity index (χ1) is 10.1. The Hall–Kier alpha value is -1.36. The third kappa shape index (κ3) is 3.64. The van der Waals surface area contributed by atoms with Gasteiger partial charge in [0.1, 0.15) is 16.7 Å². The van der Waals surface area contributed by atoms with Crippen LogP contribution >= 0.6 is 11.6 Å². The molecule has 0 atom stereocenters. The largest absolute Gasteiger partial charge is 0.368 e. The molecule has 2 aliphatic rings. The number of piperidine rings is 1. The zero-order valence-electron chi connectivity index (χ0n) is 12.3. The predicted molar refractivity (Wildman–Crippen MR) is 82.3 cm³/mol. The van der Waals surface area contributed by atoms with Gasteiger partial charge in [-0.2, -0.15) is 0 Å². The first kappa shape index (κ1) is 14.6. The van der Waals surface area contributed by atoms with Crippen molar-refractivity contribution in [2.75, 3.05) is 25.0 Å². The molecule has 1 aromatic heterocycles. The second-order valence-electron chi connectivity index (χ2n) is 6.04. The molecule has 1 N–H and O–H groups in total. The van der Waals surface area contributed by atoms with E-state index in [1.807, 2.05) is 11.8 Å². The second-order valence-corrected chi connectivity index (χ2v) is 6.44. The fourth-order valence-electron chi connectivity index (χ4n) is 2.77. The minimum atomic E-state index is 0.336. The van der Waals surface area contributed by atoms with E-state index in [1.165, 1.54) is 0 Å². The molecule has 1 aliphatic heterocycles. The molecule has 0 radical (unpaired) electrons. The molecular formula is C15H21ClN4O. The number of halogens is 1. The quantitative estimate of drug-likeness (QED) is 0.928. The molecule has 1 saturated heterocycles. The summed E-state index contributed by atoms with van der Waals surface area (Å²) in [5.74, 6) is 2.70. The number of aryl methyl sites for hydroxylation is 1. The summed E-state index contributed by atoms with van der Waals surface area (Å²) in [6.07, 6.45) is 5.90. The predicted octanol–water partition coefficient (Wildman–Crippen LogP) is 2.50. The van der Waals surface area contributed by atoms with Crippen molar-refractivity contribution in [2.24, 2.45) is 11.8 Å². The van der Waals surface area contributed by atoms with Gasteiger partial charge < -0.3 is 10.2 Å². The van der Waals surface area contributed by atoms with Crippen LogP contribution in [-0.4, -0.2) is 40.4 Å². The van der Waals surface area contributed by atoms with Gasteiger partial charge >= 0.3 is 0 Å². The van der Waals surface area contributed by atoms with Gasteiger partial charge in [0.25, 0.3) is 0 Å². The van der Waals surface area contributed by atoms with E-state index in [1.54, 1.807) is 6.20 Å². The molecule has 0 aromatic carbocycles. The van der Waals surface area contributed by atoms with Crippen LogP contribution in [0.15, 0.2) is 6.20 Å². The maximum atomic E-state index is 12.0. The Kier molecular flexibility index (Phi) is 4.29. The SMILES string of the molecule is Cc1ncc(Cl)c(NCC2CCN(C(=O)C3CC3)CC2)n1. The smallest absolute Gasteiger partial charge is 0.225 e. The second kappa shape index (κ2) is 6.18. The zero-order chi connectivity index (χ0) is 14.8. The van der Waals surface area contributed by atoms with Crippen LogP contribution in [0.4, 0.5) is 5.82 Å². The highest BCUT2D eigenvalue weighted by Crippen LogP contribution is 2.32. The molecular weight excluding hydrogens is 288 g/mol. The highest BCUT2D eigenvalue weighted by atomic mass is 35.5. The number of carbonyl (C=O) groups excluding carboxylic acids is 1. The van der Waals surface area contributed by atoms with Gasteiger partial charge in [-0.1, -0.05) is 11.6 Å². The Morgan fingerprint density at radius 2 is 2.10 bits per heavy atom. The van der Waals surface area contributed by atoms with E-state index in [9.17, 15) is 4.79 Å². The van der Waals surface area contributed by atoms with Crippen molar-refractivity contribution >= 4 is 23.3 Å². The number of nitrogens with zero attached hydrogens (tertiary/aromatic N) is 3. The highest BCUT2D eigenvalue weighted by Gasteiger charge is 2.34. The molecule has 2 fully saturated rings. The number of nitrogens with one attached hydrogen (secondary N) is 1. The molecule has 114 valence electrons. The van der Waals surface area contributed by atoms with Crippen LogP contribution in [-0.2, 0) is 4.79 Å². The fraction of sp³-hybridized carbons (Fsp3) is 0.667. The van der Waals surface area contributed by atoms with E-state index in [2.05, 4.69) is 15.3 Å². The summed E-state index contributed by atoms with van der Waals surface area (Å²) in [7, 11) is 0. The Morgan fingerprint density at radius 1 is 1.38 bits per heavy atom. The topological polar surface area (TPSA) is 58.1 Å². The number of amides is 1. The lowest BCUT2D eigenvalue weighted by Gasteiger charge is -2.32. The highest BCUT2D eigenvalue weighted by molar-refractivity contribution is 6.32. The number of carbonyl (C=O) groups is 1. The average Bonchev–Trinajstić information content (AvgIpc) is 3.33. The lowest BCUT2D eigenvalue weighted by molar-refractivity contribution is -0.133. The van der Waals surface area contributed by atoms with E-state index in [4.69, 9.17) is 11.6 Å². The summed E-state index contributed by atoms with van der Waals surface area (Å²) in [6, 6.07) is 0. The maximum Gasteiger partial charge on any atom is 0.225 e. The van der Waals surface area contributed by atoms with Crippen molar-refractivity contribution < 1.29 is 4.79 Å². The lowest BCUT2D eigenvalue weighted by atomic mass is 9.96. The van der Waals surface area contributed by atoms with Crippen LogP contribution in [0.1, 0.15) is 31.5 Å². The number of hydrogen-bond donors (Lipinski definition) is 1. The molecule has 6 heteroatoms. The summed E-state index contributed by atoms with van der Waals surface area (Å²) in [5, 5.41) is 3.87. The van der Waals surface area contributed by atoms with E-state index >= 15 is 0 Å². The van der Waals surface area contributed by atoms with Crippen LogP contribution in [0.5, 0.6) is 0 Å². The molecule has 2 heterocycles. The van der Waals surface area contributed by atoms with Gasteiger partial charge in [0, 0.05) is 25.6 Å². The first-order valence-electron chi connectivity index (χ1n) is 7.65. The molecule has 1 aromatic rings. The number of anilines is 1. The van der Waals surface area contributed by atoms with Crippen LogP contribution in [0.2, 0.25) is 5.02 Å². The van der Waals surface area contributed by atoms with Gasteiger partial charge in [0.2, 0.25) is 5.91 Å². The summed E-state index contributed by atoms with van der Waals surface area (Å²) in [6.45, 7) is 4.47. The molecule has 1 saturated carbocycles. The lowest BCUT2D eigenvalue weighted by Crippen LogP contribution is -2.40. The molecule has 0 spiro atoms. The van der Waals surface area contributed by atoms with Gasteiger partial charge in [-0.05, 0) is 38.5 Å². The van der Waals surface area contributed by atoms with Crippen molar-refractivity contribution in [1.29, 1.82) is 0 Å². The van der Waals surface area contributed by atoms with Crippen LogP contribution in [0.25, 0.3) is 0 Å². The molecule has 5 nitrogen and oxygen atoms in total. The van der Waals surface area contributed by atoms with E-state index in [0.717, 1.165) is 45.3 Å². The Labute approximate surface area is 130 Å². The number of rotatable bonds is 4. The minimum Gasteiger partial charge on any atom is -0.368 e. The summed E-state index contributed by atoms with van der Waals surface area (Å²) in [4.78, 5) is 22.4.